The highest BCUT2D eigenvalue weighted by molar-refractivity contribution is 7.89. The molecule has 0 amide bonds. The first-order chi connectivity index (χ1) is 9.31. The summed E-state index contributed by atoms with van der Waals surface area (Å²) >= 11 is 5.80. The van der Waals surface area contributed by atoms with E-state index in [0.717, 1.165) is 6.07 Å². The lowest BCUT2D eigenvalue weighted by Crippen LogP contribution is -2.40. The first-order valence-corrected chi connectivity index (χ1v) is 7.62. The quantitative estimate of drug-likeness (QED) is 0.831. The Kier molecular flexibility index (Phi) is 5.51. The smallest absolute Gasteiger partial charge is 0.321 e. The number of carboxylic acids is 1. The SMILES string of the molecule is CCCC(NS(=O)(=O)c1cc(C#N)ccc1Cl)C(=O)O. The van der Waals surface area contributed by atoms with Gasteiger partial charge < -0.3 is 5.11 Å². The van der Waals surface area contributed by atoms with Gasteiger partial charge in [0.15, 0.2) is 0 Å². The van der Waals surface area contributed by atoms with Crippen LogP contribution in [0, 0.1) is 11.3 Å². The molecule has 6 nitrogen and oxygen atoms in total. The van der Waals surface area contributed by atoms with E-state index in [4.69, 9.17) is 22.0 Å². The molecule has 8 heteroatoms. The van der Waals surface area contributed by atoms with Crippen LogP contribution in [0.25, 0.3) is 0 Å². The van der Waals surface area contributed by atoms with E-state index in [-0.39, 0.29) is 21.9 Å². The molecule has 0 saturated carbocycles. The van der Waals surface area contributed by atoms with Crippen LogP contribution in [0.1, 0.15) is 25.3 Å². The number of aliphatic carboxylic acids is 1. The molecule has 0 aromatic heterocycles. The molecule has 0 heterocycles. The first-order valence-electron chi connectivity index (χ1n) is 5.76. The van der Waals surface area contributed by atoms with E-state index >= 15 is 0 Å². The monoisotopic (exact) mass is 316 g/mol. The summed E-state index contributed by atoms with van der Waals surface area (Å²) in [7, 11) is -4.10. The van der Waals surface area contributed by atoms with Gasteiger partial charge in [-0.05, 0) is 24.6 Å². The van der Waals surface area contributed by atoms with Crippen molar-refractivity contribution in [3.8, 4) is 6.07 Å². The van der Waals surface area contributed by atoms with Crippen LogP contribution < -0.4 is 4.72 Å². The van der Waals surface area contributed by atoms with Gasteiger partial charge in [0, 0.05) is 0 Å². The lowest BCUT2D eigenvalue weighted by atomic mass is 10.2. The van der Waals surface area contributed by atoms with Crippen LogP contribution >= 0.6 is 11.6 Å². The third-order valence-corrected chi connectivity index (χ3v) is 4.48. The molecule has 0 fully saturated rings. The van der Waals surface area contributed by atoms with Gasteiger partial charge in [0.2, 0.25) is 10.0 Å². The van der Waals surface area contributed by atoms with Crippen LogP contribution in [-0.4, -0.2) is 25.5 Å². The van der Waals surface area contributed by atoms with E-state index < -0.39 is 22.0 Å². The van der Waals surface area contributed by atoms with Crippen LogP contribution in [0.2, 0.25) is 5.02 Å². The summed E-state index contributed by atoms with van der Waals surface area (Å²) in [5.41, 5.74) is 0.122. The third-order valence-electron chi connectivity index (χ3n) is 2.52. The van der Waals surface area contributed by atoms with Gasteiger partial charge in [-0.2, -0.15) is 9.98 Å². The molecule has 1 aromatic carbocycles. The Morgan fingerprint density at radius 1 is 1.55 bits per heavy atom. The molecule has 1 unspecified atom stereocenters. The van der Waals surface area contributed by atoms with E-state index in [2.05, 4.69) is 4.72 Å². The molecule has 0 aliphatic heterocycles. The third kappa shape index (κ3) is 3.93. The van der Waals surface area contributed by atoms with Gasteiger partial charge in [0.25, 0.3) is 0 Å². The van der Waals surface area contributed by atoms with Gasteiger partial charge >= 0.3 is 5.97 Å². The van der Waals surface area contributed by atoms with E-state index in [0.29, 0.717) is 6.42 Å². The molecular weight excluding hydrogens is 304 g/mol. The Balaban J connectivity index is 3.17. The minimum Gasteiger partial charge on any atom is -0.480 e. The average molecular weight is 317 g/mol. The maximum Gasteiger partial charge on any atom is 0.321 e. The average Bonchev–Trinajstić information content (AvgIpc) is 2.38. The molecule has 0 saturated heterocycles. The first kappa shape index (κ1) is 16.4. The van der Waals surface area contributed by atoms with Gasteiger partial charge in [-0.1, -0.05) is 24.9 Å². The van der Waals surface area contributed by atoms with Gasteiger partial charge in [-0.15, -0.1) is 0 Å². The molecule has 1 aromatic rings. The normalized spacial score (nSPS) is 12.7. The molecule has 0 spiro atoms. The Morgan fingerprint density at radius 2 is 2.20 bits per heavy atom. The molecule has 0 radical (unpaired) electrons. The minimum atomic E-state index is -4.10. The van der Waals surface area contributed by atoms with E-state index in [9.17, 15) is 13.2 Å². The molecule has 2 N–H and O–H groups in total. The maximum absolute atomic E-state index is 12.1. The fourth-order valence-corrected chi connectivity index (χ4v) is 3.30. The summed E-state index contributed by atoms with van der Waals surface area (Å²) in [6.07, 6.45) is 0.662. The van der Waals surface area contributed by atoms with Gasteiger partial charge in [0.05, 0.1) is 16.7 Å². The number of sulfonamides is 1. The maximum atomic E-state index is 12.1. The zero-order chi connectivity index (χ0) is 15.3. The van der Waals surface area contributed by atoms with Crippen molar-refractivity contribution >= 4 is 27.6 Å². The number of nitrogens with zero attached hydrogens (tertiary/aromatic N) is 1. The van der Waals surface area contributed by atoms with E-state index in [1.165, 1.54) is 12.1 Å². The lowest BCUT2D eigenvalue weighted by Gasteiger charge is -2.14. The number of halogens is 1. The summed E-state index contributed by atoms with van der Waals surface area (Å²) in [5, 5.41) is 17.7. The topological polar surface area (TPSA) is 107 Å². The number of benzene rings is 1. The second-order valence-electron chi connectivity index (χ2n) is 4.06. The van der Waals surface area contributed by atoms with Crippen LogP contribution in [0.15, 0.2) is 23.1 Å². The summed E-state index contributed by atoms with van der Waals surface area (Å²) in [6, 6.07) is 4.34. The van der Waals surface area contributed by atoms with Crippen LogP contribution in [0.4, 0.5) is 0 Å². The molecule has 20 heavy (non-hydrogen) atoms. The molecule has 1 rings (SSSR count). The summed E-state index contributed by atoms with van der Waals surface area (Å²) in [5.74, 6) is -1.26. The van der Waals surface area contributed by atoms with Gasteiger partial charge in [-0.25, -0.2) is 8.42 Å². The van der Waals surface area contributed by atoms with Crippen molar-refractivity contribution in [2.75, 3.05) is 0 Å². The fourth-order valence-electron chi connectivity index (χ4n) is 1.55. The second kappa shape index (κ2) is 6.70. The number of rotatable bonds is 6. The van der Waals surface area contributed by atoms with Gasteiger partial charge in [-0.3, -0.25) is 4.79 Å². The predicted octanol–water partition coefficient (Wildman–Crippen LogP) is 1.74. The second-order valence-corrected chi connectivity index (χ2v) is 6.15. The zero-order valence-electron chi connectivity index (χ0n) is 10.6. The van der Waals surface area contributed by atoms with Crippen molar-refractivity contribution in [2.24, 2.45) is 0 Å². The standard InChI is InChI=1S/C12H13ClN2O4S/c1-2-3-10(12(16)17)15-20(18,19)11-6-8(7-14)4-5-9(11)13/h4-6,10,15H,2-3H2,1H3,(H,16,17). The van der Waals surface area contributed by atoms with E-state index in [1.54, 1.807) is 13.0 Å². The number of nitrogens with one attached hydrogen (secondary N) is 1. The molecule has 0 bridgehead atoms. The van der Waals surface area contributed by atoms with Crippen LogP contribution in [-0.2, 0) is 14.8 Å². The highest BCUT2D eigenvalue weighted by Crippen LogP contribution is 2.22. The van der Waals surface area contributed by atoms with Crippen molar-refractivity contribution in [3.63, 3.8) is 0 Å². The Hall–Kier alpha value is -1.62. The highest BCUT2D eigenvalue weighted by atomic mass is 35.5. The number of nitriles is 1. The van der Waals surface area contributed by atoms with Crippen molar-refractivity contribution < 1.29 is 18.3 Å². The van der Waals surface area contributed by atoms with Crippen LogP contribution in [0.3, 0.4) is 0 Å². The number of carbonyl (C=O) groups is 1. The van der Waals surface area contributed by atoms with Crippen molar-refractivity contribution in [3.05, 3.63) is 28.8 Å². The minimum absolute atomic E-state index is 0.0721. The largest absolute Gasteiger partial charge is 0.480 e. The Labute approximate surface area is 122 Å². The summed E-state index contributed by atoms with van der Waals surface area (Å²) < 4.78 is 26.4. The molecule has 108 valence electrons. The molecule has 0 aliphatic carbocycles. The molecule has 1 atom stereocenters. The van der Waals surface area contributed by atoms with Crippen LogP contribution in [0.5, 0.6) is 0 Å². The number of hydrogen-bond donors (Lipinski definition) is 2. The summed E-state index contributed by atoms with van der Waals surface area (Å²) in [4.78, 5) is 10.7. The van der Waals surface area contributed by atoms with Crippen molar-refractivity contribution in [1.29, 1.82) is 5.26 Å². The lowest BCUT2D eigenvalue weighted by molar-refractivity contribution is -0.139. The Morgan fingerprint density at radius 3 is 2.70 bits per heavy atom. The van der Waals surface area contributed by atoms with Crippen molar-refractivity contribution in [2.45, 2.75) is 30.7 Å². The summed E-state index contributed by atoms with van der Waals surface area (Å²) in [6.45, 7) is 1.74. The van der Waals surface area contributed by atoms with Crippen molar-refractivity contribution in [1.82, 2.24) is 4.72 Å². The fraction of sp³-hybridized carbons (Fsp3) is 0.333. The van der Waals surface area contributed by atoms with Gasteiger partial charge in [0.1, 0.15) is 10.9 Å². The number of carboxylic acid groups (broad SMARTS) is 1. The zero-order valence-corrected chi connectivity index (χ0v) is 12.2. The van der Waals surface area contributed by atoms with E-state index in [1.807, 2.05) is 0 Å². The molecule has 0 aliphatic rings. The highest BCUT2D eigenvalue weighted by Gasteiger charge is 2.26. The molecular formula is C12H13ClN2O4S. The Bertz CT molecular complexity index is 652. The predicted molar refractivity (Wildman–Crippen MR) is 72.8 cm³/mol. The number of hydrogen-bond acceptors (Lipinski definition) is 4.